The maximum Gasteiger partial charge on any atom is 0.322 e. The third-order valence-corrected chi connectivity index (χ3v) is 4.97. The number of amides is 2. The molecule has 28 heavy (non-hydrogen) atoms. The Bertz CT molecular complexity index is 756. The van der Waals surface area contributed by atoms with Gasteiger partial charge in [0.1, 0.15) is 12.3 Å². The molecule has 8 heteroatoms. The fourth-order valence-electron chi connectivity index (χ4n) is 3.16. The molecule has 0 radical (unpaired) electrons. The highest BCUT2D eigenvalue weighted by atomic mass is 16.5. The van der Waals surface area contributed by atoms with Crippen LogP contribution >= 0.6 is 0 Å². The second kappa shape index (κ2) is 8.86. The standard InChI is InChI=1S/C20H24N2O6/c23-16-7-9-22(20(27)18(16)19(26)21-11-17(24)25)12-14-3-5-15(6-4-14)28-10-8-13-1-2-13/h3-6,13,18H,1-2,7-12H2,(H,21,26)(H,24,25). The van der Waals surface area contributed by atoms with E-state index in [1.165, 1.54) is 17.7 Å². The van der Waals surface area contributed by atoms with Crippen LogP contribution in [0.2, 0.25) is 0 Å². The van der Waals surface area contributed by atoms with Crippen LogP contribution in [0.25, 0.3) is 0 Å². The van der Waals surface area contributed by atoms with Crippen LogP contribution in [0.4, 0.5) is 0 Å². The predicted octanol–water partition coefficient (Wildman–Crippen LogP) is 0.984. The second-order valence-corrected chi connectivity index (χ2v) is 7.25. The molecule has 2 N–H and O–H groups in total. The Kier molecular flexibility index (Phi) is 6.28. The zero-order valence-corrected chi connectivity index (χ0v) is 15.6. The van der Waals surface area contributed by atoms with Gasteiger partial charge in [0, 0.05) is 19.5 Å². The quantitative estimate of drug-likeness (QED) is 0.610. The van der Waals surface area contributed by atoms with E-state index in [1.54, 1.807) is 0 Å². The van der Waals surface area contributed by atoms with Crippen LogP contribution in [0.5, 0.6) is 5.75 Å². The average molecular weight is 388 g/mol. The molecular weight excluding hydrogens is 364 g/mol. The first-order valence-corrected chi connectivity index (χ1v) is 9.47. The first kappa shape index (κ1) is 19.9. The Morgan fingerprint density at radius 2 is 1.89 bits per heavy atom. The van der Waals surface area contributed by atoms with Crippen LogP contribution in [0.1, 0.15) is 31.2 Å². The van der Waals surface area contributed by atoms with Gasteiger partial charge in [-0.25, -0.2) is 0 Å². The number of nitrogens with zero attached hydrogens (tertiary/aromatic N) is 1. The van der Waals surface area contributed by atoms with Crippen molar-refractivity contribution in [1.29, 1.82) is 0 Å². The van der Waals surface area contributed by atoms with Crippen molar-refractivity contribution in [2.75, 3.05) is 19.7 Å². The van der Waals surface area contributed by atoms with Crippen LogP contribution in [-0.4, -0.2) is 53.3 Å². The van der Waals surface area contributed by atoms with Crippen molar-refractivity contribution in [2.45, 2.75) is 32.2 Å². The van der Waals surface area contributed by atoms with Gasteiger partial charge in [0.15, 0.2) is 11.7 Å². The lowest BCUT2D eigenvalue weighted by Crippen LogP contribution is -2.52. The number of aliphatic carboxylic acids is 1. The number of hydrogen-bond acceptors (Lipinski definition) is 5. The lowest BCUT2D eigenvalue weighted by Gasteiger charge is -2.30. The summed E-state index contributed by atoms with van der Waals surface area (Å²) in [6, 6.07) is 7.41. The van der Waals surface area contributed by atoms with Gasteiger partial charge < -0.3 is 20.1 Å². The summed E-state index contributed by atoms with van der Waals surface area (Å²) in [6.07, 6.45) is 3.73. The summed E-state index contributed by atoms with van der Waals surface area (Å²) in [5, 5.41) is 10.8. The molecule has 1 unspecified atom stereocenters. The minimum atomic E-state index is -1.47. The zero-order chi connectivity index (χ0) is 20.1. The first-order chi connectivity index (χ1) is 13.4. The van der Waals surface area contributed by atoms with Crippen molar-refractivity contribution in [2.24, 2.45) is 11.8 Å². The highest BCUT2D eigenvalue weighted by molar-refractivity contribution is 6.19. The van der Waals surface area contributed by atoms with Crippen molar-refractivity contribution in [3.63, 3.8) is 0 Å². The highest BCUT2D eigenvalue weighted by Gasteiger charge is 2.40. The molecule has 1 saturated heterocycles. The van der Waals surface area contributed by atoms with E-state index in [4.69, 9.17) is 9.84 Å². The first-order valence-electron chi connectivity index (χ1n) is 9.47. The molecule has 2 amide bonds. The van der Waals surface area contributed by atoms with Crippen molar-refractivity contribution >= 4 is 23.6 Å². The smallest absolute Gasteiger partial charge is 0.322 e. The summed E-state index contributed by atoms with van der Waals surface area (Å²) in [5.74, 6) is -3.06. The fraction of sp³-hybridized carbons (Fsp3) is 0.500. The number of piperidine rings is 1. The Labute approximate surface area is 162 Å². The molecule has 1 heterocycles. The van der Waals surface area contributed by atoms with E-state index in [9.17, 15) is 19.2 Å². The summed E-state index contributed by atoms with van der Waals surface area (Å²) in [7, 11) is 0. The summed E-state index contributed by atoms with van der Waals surface area (Å²) >= 11 is 0. The Hall–Kier alpha value is -2.90. The van der Waals surface area contributed by atoms with E-state index >= 15 is 0 Å². The normalized spacial score (nSPS) is 19.4. The van der Waals surface area contributed by atoms with Crippen LogP contribution < -0.4 is 10.1 Å². The molecule has 1 aliphatic carbocycles. The van der Waals surface area contributed by atoms with Crippen LogP contribution in [0.3, 0.4) is 0 Å². The molecule has 1 aliphatic heterocycles. The van der Waals surface area contributed by atoms with E-state index in [-0.39, 0.29) is 19.5 Å². The molecule has 0 aromatic heterocycles. The lowest BCUT2D eigenvalue weighted by atomic mass is 9.94. The van der Waals surface area contributed by atoms with Gasteiger partial charge in [-0.1, -0.05) is 25.0 Å². The van der Waals surface area contributed by atoms with Gasteiger partial charge in [-0.05, 0) is 30.0 Å². The Morgan fingerprint density at radius 1 is 1.18 bits per heavy atom. The minimum absolute atomic E-state index is 0.0687. The number of Topliss-reactive ketones (excluding diaryl/α,β-unsaturated/α-hetero) is 1. The van der Waals surface area contributed by atoms with Gasteiger partial charge in [-0.15, -0.1) is 0 Å². The van der Waals surface area contributed by atoms with Crippen LogP contribution in [0, 0.1) is 11.8 Å². The molecule has 2 fully saturated rings. The number of carboxylic acids is 1. The predicted molar refractivity (Wildman–Crippen MR) is 98.5 cm³/mol. The van der Waals surface area contributed by atoms with Crippen molar-refractivity contribution in [1.82, 2.24) is 10.2 Å². The molecule has 150 valence electrons. The van der Waals surface area contributed by atoms with Gasteiger partial charge in [0.2, 0.25) is 11.8 Å². The largest absolute Gasteiger partial charge is 0.494 e. The summed E-state index contributed by atoms with van der Waals surface area (Å²) in [5.41, 5.74) is 0.863. The van der Waals surface area contributed by atoms with E-state index in [1.807, 2.05) is 24.3 Å². The summed E-state index contributed by atoms with van der Waals surface area (Å²) in [4.78, 5) is 48.7. The second-order valence-electron chi connectivity index (χ2n) is 7.25. The molecule has 1 aromatic carbocycles. The number of rotatable bonds is 9. The van der Waals surface area contributed by atoms with Gasteiger partial charge in [-0.2, -0.15) is 0 Å². The summed E-state index contributed by atoms with van der Waals surface area (Å²) < 4.78 is 5.71. The van der Waals surface area contributed by atoms with Crippen molar-refractivity contribution in [3.05, 3.63) is 29.8 Å². The van der Waals surface area contributed by atoms with Gasteiger partial charge in [0.25, 0.3) is 0 Å². The number of benzene rings is 1. The molecule has 8 nitrogen and oxygen atoms in total. The third kappa shape index (κ3) is 5.31. The monoisotopic (exact) mass is 388 g/mol. The Morgan fingerprint density at radius 3 is 2.54 bits per heavy atom. The molecule has 0 bridgehead atoms. The van der Waals surface area contributed by atoms with Gasteiger partial charge in [0.05, 0.1) is 6.61 Å². The minimum Gasteiger partial charge on any atom is -0.494 e. The third-order valence-electron chi connectivity index (χ3n) is 4.97. The topological polar surface area (TPSA) is 113 Å². The molecule has 0 spiro atoms. The van der Waals surface area contributed by atoms with E-state index in [2.05, 4.69) is 5.32 Å². The van der Waals surface area contributed by atoms with Crippen LogP contribution in [-0.2, 0) is 25.7 Å². The van der Waals surface area contributed by atoms with Crippen molar-refractivity contribution in [3.8, 4) is 5.75 Å². The highest BCUT2D eigenvalue weighted by Crippen LogP contribution is 2.32. The van der Waals surface area contributed by atoms with Gasteiger partial charge >= 0.3 is 5.97 Å². The number of nitrogens with one attached hydrogen (secondary N) is 1. The summed E-state index contributed by atoms with van der Waals surface area (Å²) in [6.45, 7) is 0.583. The average Bonchev–Trinajstić information content (AvgIpc) is 3.48. The van der Waals surface area contributed by atoms with E-state index in [0.717, 1.165) is 23.7 Å². The SMILES string of the molecule is O=C(O)CNC(=O)C1C(=O)CCN(Cc2ccc(OCCC3CC3)cc2)C1=O. The molecule has 1 aromatic rings. The number of ketones is 1. The number of carbonyl (C=O) groups is 4. The Balaban J connectivity index is 1.55. The van der Waals surface area contributed by atoms with Crippen LogP contribution in [0.15, 0.2) is 24.3 Å². The van der Waals surface area contributed by atoms with Gasteiger partial charge in [-0.3, -0.25) is 19.2 Å². The van der Waals surface area contributed by atoms with Crippen molar-refractivity contribution < 1.29 is 29.0 Å². The maximum absolute atomic E-state index is 12.6. The zero-order valence-electron chi connectivity index (χ0n) is 15.6. The molecule has 3 rings (SSSR count). The van der Waals surface area contributed by atoms with E-state index < -0.39 is 36.0 Å². The lowest BCUT2D eigenvalue weighted by molar-refractivity contribution is -0.152. The fourth-order valence-corrected chi connectivity index (χ4v) is 3.16. The number of carbonyl (C=O) groups excluding carboxylic acids is 3. The number of hydrogen-bond donors (Lipinski definition) is 2. The molecule has 1 saturated carbocycles. The number of likely N-dealkylation sites (tertiary alicyclic amines) is 1. The molecule has 1 atom stereocenters. The number of ether oxygens (including phenoxy) is 1. The molecule has 2 aliphatic rings. The van der Waals surface area contributed by atoms with E-state index in [0.29, 0.717) is 6.61 Å². The maximum atomic E-state index is 12.6. The molecular formula is C20H24N2O6. The number of carboxylic acid groups (broad SMARTS) is 1.